The summed E-state index contributed by atoms with van der Waals surface area (Å²) >= 11 is 3.21. The zero-order valence-electron chi connectivity index (χ0n) is 10.6. The normalized spacial score (nSPS) is 18.1. The SMILES string of the molecule is O=C(O)CC1CCCN1C(=O)Nc1cc(Br)ccc1F. The van der Waals surface area contributed by atoms with E-state index in [1.54, 1.807) is 0 Å². The molecule has 2 N–H and O–H groups in total. The fourth-order valence-electron chi connectivity index (χ4n) is 2.30. The van der Waals surface area contributed by atoms with Crippen LogP contribution in [-0.2, 0) is 4.79 Å². The van der Waals surface area contributed by atoms with Crippen molar-refractivity contribution < 1.29 is 19.1 Å². The molecular weight excluding hydrogens is 331 g/mol. The maximum Gasteiger partial charge on any atom is 0.322 e. The Bertz CT molecular complexity index is 538. The van der Waals surface area contributed by atoms with Crippen LogP contribution in [0.5, 0.6) is 0 Å². The second-order valence-electron chi connectivity index (χ2n) is 4.64. The van der Waals surface area contributed by atoms with E-state index in [0.717, 1.165) is 6.42 Å². The van der Waals surface area contributed by atoms with E-state index in [-0.39, 0.29) is 18.2 Å². The van der Waals surface area contributed by atoms with Crippen LogP contribution in [0.2, 0.25) is 0 Å². The Balaban J connectivity index is 2.07. The number of anilines is 1. The highest BCUT2D eigenvalue weighted by atomic mass is 79.9. The molecule has 1 aromatic rings. The van der Waals surface area contributed by atoms with Crippen molar-refractivity contribution in [2.45, 2.75) is 25.3 Å². The number of likely N-dealkylation sites (tertiary alicyclic amines) is 1. The van der Waals surface area contributed by atoms with Gasteiger partial charge in [0.15, 0.2) is 0 Å². The number of amides is 2. The number of urea groups is 1. The van der Waals surface area contributed by atoms with Gasteiger partial charge in [0, 0.05) is 17.1 Å². The van der Waals surface area contributed by atoms with E-state index in [1.165, 1.54) is 23.1 Å². The molecule has 1 unspecified atom stereocenters. The lowest BCUT2D eigenvalue weighted by Crippen LogP contribution is -2.39. The Hall–Kier alpha value is -1.63. The molecule has 1 aromatic carbocycles. The first-order chi connectivity index (χ1) is 9.47. The third kappa shape index (κ3) is 3.47. The molecule has 20 heavy (non-hydrogen) atoms. The van der Waals surface area contributed by atoms with Crippen LogP contribution in [0.15, 0.2) is 22.7 Å². The number of rotatable bonds is 3. The van der Waals surface area contributed by atoms with E-state index in [2.05, 4.69) is 21.2 Å². The lowest BCUT2D eigenvalue weighted by atomic mass is 10.1. The van der Waals surface area contributed by atoms with Crippen LogP contribution in [0.3, 0.4) is 0 Å². The molecule has 0 radical (unpaired) electrons. The lowest BCUT2D eigenvalue weighted by Gasteiger charge is -2.24. The van der Waals surface area contributed by atoms with E-state index in [1.807, 2.05) is 0 Å². The van der Waals surface area contributed by atoms with E-state index < -0.39 is 17.8 Å². The van der Waals surface area contributed by atoms with Crippen LogP contribution in [0.4, 0.5) is 14.9 Å². The fourth-order valence-corrected chi connectivity index (χ4v) is 2.66. The molecule has 1 aliphatic rings. The third-order valence-corrected chi connectivity index (χ3v) is 3.71. The van der Waals surface area contributed by atoms with Crippen LogP contribution >= 0.6 is 15.9 Å². The number of aliphatic carboxylic acids is 1. The summed E-state index contributed by atoms with van der Waals surface area (Å²) in [7, 11) is 0. The number of hydrogen-bond acceptors (Lipinski definition) is 2. The smallest absolute Gasteiger partial charge is 0.322 e. The molecule has 0 aromatic heterocycles. The van der Waals surface area contributed by atoms with Crippen LogP contribution < -0.4 is 5.32 Å². The molecule has 108 valence electrons. The second kappa shape index (κ2) is 6.21. The molecule has 0 aliphatic carbocycles. The number of nitrogens with zero attached hydrogens (tertiary/aromatic N) is 1. The van der Waals surface area contributed by atoms with Gasteiger partial charge in [-0.1, -0.05) is 15.9 Å². The number of halogens is 2. The molecule has 0 saturated carbocycles. The molecule has 1 heterocycles. The van der Waals surface area contributed by atoms with E-state index in [9.17, 15) is 14.0 Å². The maximum atomic E-state index is 13.6. The molecule has 0 bridgehead atoms. The molecule has 1 fully saturated rings. The molecule has 1 saturated heterocycles. The predicted octanol–water partition coefficient (Wildman–Crippen LogP) is 3.06. The van der Waals surface area contributed by atoms with Gasteiger partial charge in [-0.25, -0.2) is 9.18 Å². The first kappa shape index (κ1) is 14.8. The number of carbonyl (C=O) groups is 2. The van der Waals surface area contributed by atoms with Crippen LogP contribution in [0, 0.1) is 5.82 Å². The molecular formula is C13H14BrFN2O3. The van der Waals surface area contributed by atoms with E-state index in [0.29, 0.717) is 17.4 Å². The van der Waals surface area contributed by atoms with Crippen molar-refractivity contribution in [2.75, 3.05) is 11.9 Å². The minimum absolute atomic E-state index is 0.0744. The zero-order chi connectivity index (χ0) is 14.7. The minimum Gasteiger partial charge on any atom is -0.481 e. The summed E-state index contributed by atoms with van der Waals surface area (Å²) < 4.78 is 14.2. The highest BCUT2D eigenvalue weighted by molar-refractivity contribution is 9.10. The first-order valence-electron chi connectivity index (χ1n) is 6.22. The predicted molar refractivity (Wildman–Crippen MR) is 75.1 cm³/mol. The standard InChI is InChI=1S/C13H14BrFN2O3/c14-8-3-4-10(15)11(6-8)16-13(20)17-5-1-2-9(17)7-12(18)19/h3-4,6,9H,1-2,5,7H2,(H,16,20)(H,18,19). The van der Waals surface area contributed by atoms with Crippen LogP contribution in [0.25, 0.3) is 0 Å². The monoisotopic (exact) mass is 344 g/mol. The topological polar surface area (TPSA) is 69.6 Å². The molecule has 2 rings (SSSR count). The van der Waals surface area contributed by atoms with Crippen molar-refractivity contribution in [1.29, 1.82) is 0 Å². The van der Waals surface area contributed by atoms with Gasteiger partial charge in [0.25, 0.3) is 0 Å². The molecule has 1 aliphatic heterocycles. The highest BCUT2D eigenvalue weighted by Crippen LogP contribution is 2.24. The highest BCUT2D eigenvalue weighted by Gasteiger charge is 2.30. The van der Waals surface area contributed by atoms with Gasteiger partial charge in [-0.15, -0.1) is 0 Å². The quantitative estimate of drug-likeness (QED) is 0.885. The molecule has 1 atom stereocenters. The van der Waals surface area contributed by atoms with Gasteiger partial charge in [0.2, 0.25) is 0 Å². The summed E-state index contributed by atoms with van der Waals surface area (Å²) in [6.07, 6.45) is 1.32. The minimum atomic E-state index is -0.941. The average Bonchev–Trinajstić information content (AvgIpc) is 2.81. The van der Waals surface area contributed by atoms with Gasteiger partial charge in [-0.05, 0) is 31.0 Å². The van der Waals surface area contributed by atoms with E-state index in [4.69, 9.17) is 5.11 Å². The lowest BCUT2D eigenvalue weighted by molar-refractivity contribution is -0.137. The van der Waals surface area contributed by atoms with Gasteiger partial charge in [0.05, 0.1) is 12.1 Å². The summed E-state index contributed by atoms with van der Waals surface area (Å²) in [5.41, 5.74) is 0.0744. The Morgan fingerprint density at radius 1 is 1.50 bits per heavy atom. The molecule has 2 amide bonds. The van der Waals surface area contributed by atoms with Gasteiger partial charge >= 0.3 is 12.0 Å². The molecule has 5 nitrogen and oxygen atoms in total. The number of nitrogens with one attached hydrogen (secondary N) is 1. The summed E-state index contributed by atoms with van der Waals surface area (Å²) in [5, 5.41) is 11.3. The Kier molecular flexibility index (Phi) is 4.59. The van der Waals surface area contributed by atoms with Gasteiger partial charge in [-0.3, -0.25) is 4.79 Å². The number of carbonyl (C=O) groups excluding carboxylic acids is 1. The molecule has 0 spiro atoms. The summed E-state index contributed by atoms with van der Waals surface area (Å²) in [6.45, 7) is 0.486. The Labute approximate surface area is 123 Å². The van der Waals surface area contributed by atoms with Crippen molar-refractivity contribution in [3.8, 4) is 0 Å². The van der Waals surface area contributed by atoms with Gasteiger partial charge in [-0.2, -0.15) is 0 Å². The maximum absolute atomic E-state index is 13.6. The summed E-state index contributed by atoms with van der Waals surface area (Å²) in [5.74, 6) is -1.47. The van der Waals surface area contributed by atoms with Crippen molar-refractivity contribution in [1.82, 2.24) is 4.90 Å². The number of benzene rings is 1. The Morgan fingerprint density at radius 3 is 2.95 bits per heavy atom. The number of carboxylic acids is 1. The van der Waals surface area contributed by atoms with Crippen LogP contribution in [-0.4, -0.2) is 34.6 Å². The van der Waals surface area contributed by atoms with Crippen molar-refractivity contribution in [3.63, 3.8) is 0 Å². The van der Waals surface area contributed by atoms with Crippen molar-refractivity contribution in [3.05, 3.63) is 28.5 Å². The van der Waals surface area contributed by atoms with Gasteiger partial charge < -0.3 is 15.3 Å². The fraction of sp³-hybridized carbons (Fsp3) is 0.385. The zero-order valence-corrected chi connectivity index (χ0v) is 12.2. The largest absolute Gasteiger partial charge is 0.481 e. The summed E-state index contributed by atoms with van der Waals surface area (Å²) in [6, 6.07) is 3.45. The van der Waals surface area contributed by atoms with Crippen LogP contribution in [0.1, 0.15) is 19.3 Å². The molecule has 7 heteroatoms. The van der Waals surface area contributed by atoms with E-state index >= 15 is 0 Å². The van der Waals surface area contributed by atoms with Crippen molar-refractivity contribution >= 4 is 33.6 Å². The number of carboxylic acid groups (broad SMARTS) is 1. The first-order valence-corrected chi connectivity index (χ1v) is 7.01. The average molecular weight is 345 g/mol. The number of hydrogen-bond donors (Lipinski definition) is 2. The third-order valence-electron chi connectivity index (χ3n) is 3.22. The summed E-state index contributed by atoms with van der Waals surface area (Å²) in [4.78, 5) is 24.3. The van der Waals surface area contributed by atoms with Gasteiger partial charge in [0.1, 0.15) is 5.82 Å². The second-order valence-corrected chi connectivity index (χ2v) is 5.56. The Morgan fingerprint density at radius 2 is 2.25 bits per heavy atom. The van der Waals surface area contributed by atoms with Crippen molar-refractivity contribution in [2.24, 2.45) is 0 Å².